The summed E-state index contributed by atoms with van der Waals surface area (Å²) in [4.78, 5) is 32.8. The van der Waals surface area contributed by atoms with E-state index in [4.69, 9.17) is 0 Å². The van der Waals surface area contributed by atoms with Gasteiger partial charge in [0, 0.05) is 44.8 Å². The molecule has 6 heteroatoms. The third-order valence-electron chi connectivity index (χ3n) is 7.11. The molecule has 1 unspecified atom stereocenters. The second-order valence-corrected chi connectivity index (χ2v) is 8.95. The van der Waals surface area contributed by atoms with Crippen LogP contribution in [-0.2, 0) is 4.79 Å². The number of likely N-dealkylation sites (N-methyl/N-ethyl adjacent to an activating group) is 1. The lowest BCUT2D eigenvalue weighted by molar-refractivity contribution is -0.129. The van der Waals surface area contributed by atoms with Gasteiger partial charge in [0.25, 0.3) is 5.91 Å². The van der Waals surface area contributed by atoms with Crippen LogP contribution < -0.4 is 5.32 Å². The van der Waals surface area contributed by atoms with Gasteiger partial charge in [0.1, 0.15) is 0 Å². The van der Waals surface area contributed by atoms with E-state index in [2.05, 4.69) is 29.0 Å². The minimum absolute atomic E-state index is 0.0603. The molecule has 3 rings (SSSR count). The van der Waals surface area contributed by atoms with Crippen LogP contribution in [0.15, 0.2) is 24.3 Å². The predicted molar refractivity (Wildman–Crippen MR) is 125 cm³/mol. The van der Waals surface area contributed by atoms with E-state index in [1.807, 2.05) is 36.1 Å². The number of hydrogen-bond acceptors (Lipinski definition) is 4. The van der Waals surface area contributed by atoms with E-state index in [-0.39, 0.29) is 17.9 Å². The lowest BCUT2D eigenvalue weighted by Crippen LogP contribution is -2.58. The van der Waals surface area contributed by atoms with E-state index < -0.39 is 0 Å². The molecule has 2 fully saturated rings. The van der Waals surface area contributed by atoms with Gasteiger partial charge >= 0.3 is 0 Å². The van der Waals surface area contributed by atoms with Crippen LogP contribution >= 0.6 is 0 Å². The Morgan fingerprint density at radius 2 is 1.71 bits per heavy atom. The molecular weight excluding hydrogens is 388 g/mol. The molecule has 1 aliphatic heterocycles. The molecule has 2 amide bonds. The van der Waals surface area contributed by atoms with Gasteiger partial charge < -0.3 is 15.1 Å². The summed E-state index contributed by atoms with van der Waals surface area (Å²) >= 11 is 0. The van der Waals surface area contributed by atoms with E-state index in [1.165, 1.54) is 12.8 Å². The van der Waals surface area contributed by atoms with Gasteiger partial charge in [-0.1, -0.05) is 44.9 Å². The van der Waals surface area contributed by atoms with Gasteiger partial charge in [0.15, 0.2) is 0 Å². The lowest BCUT2D eigenvalue weighted by atomic mass is 9.95. The fourth-order valence-electron chi connectivity index (χ4n) is 5.12. The van der Waals surface area contributed by atoms with Crippen LogP contribution in [-0.4, -0.2) is 84.9 Å². The van der Waals surface area contributed by atoms with Gasteiger partial charge in [0.05, 0.1) is 6.04 Å². The smallest absolute Gasteiger partial charge is 0.254 e. The van der Waals surface area contributed by atoms with Crippen molar-refractivity contribution in [1.82, 2.24) is 20.0 Å². The molecule has 0 bridgehead atoms. The molecular formula is C25H40N4O2. The zero-order valence-corrected chi connectivity index (χ0v) is 19.6. The minimum atomic E-state index is -0.0603. The summed E-state index contributed by atoms with van der Waals surface area (Å²) in [5.41, 5.74) is 1.81. The Kier molecular flexibility index (Phi) is 8.90. The van der Waals surface area contributed by atoms with E-state index >= 15 is 0 Å². The van der Waals surface area contributed by atoms with E-state index in [9.17, 15) is 9.59 Å². The Morgan fingerprint density at radius 3 is 2.32 bits per heavy atom. The molecule has 2 aliphatic rings. The number of nitrogens with one attached hydrogen (secondary N) is 1. The first-order valence-corrected chi connectivity index (χ1v) is 12.1. The zero-order valence-electron chi connectivity index (χ0n) is 19.6. The Labute approximate surface area is 188 Å². The number of aryl methyl sites for hydroxylation is 1. The van der Waals surface area contributed by atoms with Crippen molar-refractivity contribution >= 4 is 11.8 Å². The average Bonchev–Trinajstić information content (AvgIpc) is 3.31. The normalized spacial score (nSPS) is 19.0. The summed E-state index contributed by atoms with van der Waals surface area (Å²) in [5.74, 6) is 0.726. The quantitative estimate of drug-likeness (QED) is 0.657. The summed E-state index contributed by atoms with van der Waals surface area (Å²) in [6, 6.07) is 7.73. The number of amides is 2. The number of rotatable bonds is 9. The summed E-state index contributed by atoms with van der Waals surface area (Å²) in [6.45, 7) is 12.8. The molecule has 0 radical (unpaired) electrons. The highest BCUT2D eigenvalue weighted by atomic mass is 16.2. The topological polar surface area (TPSA) is 55.9 Å². The molecule has 6 nitrogen and oxygen atoms in total. The molecule has 1 saturated heterocycles. The van der Waals surface area contributed by atoms with Crippen molar-refractivity contribution in [3.05, 3.63) is 35.4 Å². The standard InChI is InChI=1S/C25H40N4O2/c1-4-27(5-2)15-14-26-24(30)23(21-11-7-8-12-21)28-16-18-29(19-17-28)25(31)22-13-9-6-10-20(22)3/h6,9-10,13,21,23H,4-5,7-8,11-12,14-19H2,1-3H3,(H,26,30). The average molecular weight is 429 g/mol. The largest absolute Gasteiger partial charge is 0.353 e. The zero-order chi connectivity index (χ0) is 22.2. The van der Waals surface area contributed by atoms with Gasteiger partial charge in [-0.2, -0.15) is 0 Å². The maximum atomic E-state index is 13.2. The Morgan fingerprint density at radius 1 is 1.06 bits per heavy atom. The molecule has 1 aliphatic carbocycles. The van der Waals surface area contributed by atoms with Crippen LogP contribution in [0.1, 0.15) is 55.5 Å². The number of piperazine rings is 1. The van der Waals surface area contributed by atoms with E-state index in [0.717, 1.165) is 56.7 Å². The lowest BCUT2D eigenvalue weighted by Gasteiger charge is -2.41. The molecule has 1 aromatic rings. The molecule has 1 N–H and O–H groups in total. The second-order valence-electron chi connectivity index (χ2n) is 8.95. The van der Waals surface area contributed by atoms with Crippen molar-refractivity contribution in [2.24, 2.45) is 5.92 Å². The summed E-state index contributed by atoms with van der Waals surface area (Å²) in [6.07, 6.45) is 4.71. The van der Waals surface area contributed by atoms with Crippen LogP contribution in [0, 0.1) is 12.8 Å². The van der Waals surface area contributed by atoms with Gasteiger partial charge in [-0.15, -0.1) is 0 Å². The van der Waals surface area contributed by atoms with Gasteiger partial charge in [-0.3, -0.25) is 14.5 Å². The first-order chi connectivity index (χ1) is 15.0. The molecule has 1 aromatic carbocycles. The summed E-state index contributed by atoms with van der Waals surface area (Å²) < 4.78 is 0. The fraction of sp³-hybridized carbons (Fsp3) is 0.680. The third-order valence-corrected chi connectivity index (χ3v) is 7.11. The van der Waals surface area contributed by atoms with Crippen molar-refractivity contribution in [3.63, 3.8) is 0 Å². The van der Waals surface area contributed by atoms with Crippen LogP contribution in [0.25, 0.3) is 0 Å². The summed E-state index contributed by atoms with van der Waals surface area (Å²) in [7, 11) is 0. The van der Waals surface area contributed by atoms with Crippen molar-refractivity contribution < 1.29 is 9.59 Å². The monoisotopic (exact) mass is 428 g/mol. The minimum Gasteiger partial charge on any atom is -0.353 e. The number of carbonyl (C=O) groups is 2. The fourth-order valence-corrected chi connectivity index (χ4v) is 5.12. The van der Waals surface area contributed by atoms with Gasteiger partial charge in [0.2, 0.25) is 5.91 Å². The molecule has 1 saturated carbocycles. The molecule has 31 heavy (non-hydrogen) atoms. The Balaban J connectivity index is 1.59. The van der Waals surface area contributed by atoms with Crippen molar-refractivity contribution in [1.29, 1.82) is 0 Å². The number of carbonyl (C=O) groups excluding carboxylic acids is 2. The maximum absolute atomic E-state index is 13.2. The van der Waals surface area contributed by atoms with E-state index in [0.29, 0.717) is 25.6 Å². The maximum Gasteiger partial charge on any atom is 0.254 e. The highest BCUT2D eigenvalue weighted by Crippen LogP contribution is 2.31. The molecule has 1 heterocycles. The van der Waals surface area contributed by atoms with Crippen LogP contribution in [0.4, 0.5) is 0 Å². The van der Waals surface area contributed by atoms with Crippen molar-refractivity contribution in [2.45, 2.75) is 52.5 Å². The Bertz CT molecular complexity index is 720. The predicted octanol–water partition coefficient (Wildman–Crippen LogP) is 2.77. The second kappa shape index (κ2) is 11.6. The third kappa shape index (κ3) is 6.07. The van der Waals surface area contributed by atoms with Crippen LogP contribution in [0.2, 0.25) is 0 Å². The highest BCUT2D eigenvalue weighted by Gasteiger charge is 2.37. The highest BCUT2D eigenvalue weighted by molar-refractivity contribution is 5.95. The number of nitrogens with zero attached hydrogens (tertiary/aromatic N) is 3. The molecule has 0 spiro atoms. The molecule has 0 aromatic heterocycles. The van der Waals surface area contributed by atoms with Crippen molar-refractivity contribution in [3.8, 4) is 0 Å². The molecule has 1 atom stereocenters. The summed E-state index contributed by atoms with van der Waals surface area (Å²) in [5, 5.41) is 3.22. The first-order valence-electron chi connectivity index (χ1n) is 12.1. The van der Waals surface area contributed by atoms with Crippen molar-refractivity contribution in [2.75, 3.05) is 52.4 Å². The van der Waals surface area contributed by atoms with Gasteiger partial charge in [-0.05, 0) is 50.4 Å². The van der Waals surface area contributed by atoms with Gasteiger partial charge in [-0.25, -0.2) is 0 Å². The number of benzene rings is 1. The van der Waals surface area contributed by atoms with Crippen LogP contribution in [0.3, 0.4) is 0 Å². The SMILES string of the molecule is CCN(CC)CCNC(=O)C(C1CCCC1)N1CCN(C(=O)c2ccccc2C)CC1. The van der Waals surface area contributed by atoms with E-state index in [1.54, 1.807) is 0 Å². The number of hydrogen-bond donors (Lipinski definition) is 1. The first kappa shape index (κ1) is 23.7. The van der Waals surface area contributed by atoms with Crippen LogP contribution in [0.5, 0.6) is 0 Å². The molecule has 172 valence electrons. The Hall–Kier alpha value is -1.92.